The minimum absolute atomic E-state index is 0.121. The van der Waals surface area contributed by atoms with Crippen molar-refractivity contribution >= 4 is 35.9 Å². The van der Waals surface area contributed by atoms with Gasteiger partial charge in [0.25, 0.3) is 0 Å². The van der Waals surface area contributed by atoms with Gasteiger partial charge in [0.05, 0.1) is 0 Å². The molecule has 2 aromatic rings. The number of amides is 1. The molecule has 2 aromatic carbocycles. The molecule has 0 aliphatic carbocycles. The fourth-order valence-corrected chi connectivity index (χ4v) is 3.05. The van der Waals surface area contributed by atoms with Crippen LogP contribution in [-0.4, -0.2) is 39.2 Å². The standard InChI is InChI=1S/C8H10AsNO5.C8H8O/c1-5(11)10-6-2-3-7(8(12)4-6)9(13,14)15;1-7(9)8-5-3-2-4-6-8/h2-4,12H,1H3,(H,10,11)(H2,13,14,15);2-6H,1H3. The maximum atomic E-state index is 10.9. The first-order chi connectivity index (χ1) is 11.1. The van der Waals surface area contributed by atoms with Crippen LogP contribution in [0.15, 0.2) is 48.5 Å². The smallest absolute Gasteiger partial charge is 0.159 e. The van der Waals surface area contributed by atoms with Crippen LogP contribution >= 0.6 is 0 Å². The van der Waals surface area contributed by atoms with E-state index in [0.717, 1.165) is 17.7 Å². The second-order valence-corrected chi connectivity index (χ2v) is 8.14. The van der Waals surface area contributed by atoms with Gasteiger partial charge in [-0.25, -0.2) is 0 Å². The third kappa shape index (κ3) is 6.42. The van der Waals surface area contributed by atoms with Gasteiger partial charge in [0.2, 0.25) is 0 Å². The van der Waals surface area contributed by atoms with E-state index in [0.29, 0.717) is 0 Å². The van der Waals surface area contributed by atoms with Crippen molar-refractivity contribution in [1.29, 1.82) is 0 Å². The van der Waals surface area contributed by atoms with Crippen molar-refractivity contribution in [2.24, 2.45) is 0 Å². The zero-order valence-corrected chi connectivity index (χ0v) is 15.0. The Hall–Kier alpha value is -2.34. The number of rotatable bonds is 3. The molecule has 0 saturated carbocycles. The van der Waals surface area contributed by atoms with E-state index in [1.165, 1.54) is 13.0 Å². The summed E-state index contributed by atoms with van der Waals surface area (Å²) >= 11 is -5.09. The summed E-state index contributed by atoms with van der Waals surface area (Å²) in [7, 11) is 0. The predicted molar refractivity (Wildman–Crippen MR) is 89.4 cm³/mol. The molecule has 0 heterocycles. The Morgan fingerprint density at radius 3 is 1.96 bits per heavy atom. The van der Waals surface area contributed by atoms with Gasteiger partial charge in [0.15, 0.2) is 5.78 Å². The summed E-state index contributed by atoms with van der Waals surface area (Å²) in [6, 6.07) is 12.7. The molecule has 0 saturated heterocycles. The normalized spacial score (nSPS) is 10.3. The van der Waals surface area contributed by atoms with E-state index in [-0.39, 0.29) is 17.4 Å². The maximum Gasteiger partial charge on any atom is 0.159 e. The summed E-state index contributed by atoms with van der Waals surface area (Å²) in [5.74, 6) is -0.729. The number of benzene rings is 2. The fourth-order valence-electron chi connectivity index (χ4n) is 1.72. The van der Waals surface area contributed by atoms with Crippen LogP contribution in [-0.2, 0) is 8.53 Å². The summed E-state index contributed by atoms with van der Waals surface area (Å²) in [6.45, 7) is 2.85. The molecule has 0 aliphatic heterocycles. The minimum atomic E-state index is -5.09. The predicted octanol–water partition coefficient (Wildman–Crippen LogP) is 0.801. The van der Waals surface area contributed by atoms with E-state index >= 15 is 0 Å². The van der Waals surface area contributed by atoms with E-state index < -0.39 is 24.3 Å². The number of phenolic OH excluding ortho intramolecular Hbond substituents is 1. The van der Waals surface area contributed by atoms with E-state index in [9.17, 15) is 18.4 Å². The monoisotopic (exact) mass is 395 g/mol. The summed E-state index contributed by atoms with van der Waals surface area (Å²) in [4.78, 5) is 21.3. The Morgan fingerprint density at radius 2 is 1.58 bits per heavy atom. The van der Waals surface area contributed by atoms with Gasteiger partial charge in [-0.05, 0) is 6.92 Å². The molecule has 4 N–H and O–H groups in total. The molecule has 0 aromatic heterocycles. The second kappa shape index (κ2) is 8.49. The summed E-state index contributed by atoms with van der Waals surface area (Å²) in [5, 5.41) is 11.7. The van der Waals surface area contributed by atoms with Crippen molar-refractivity contribution in [3.63, 3.8) is 0 Å². The third-order valence-electron chi connectivity index (χ3n) is 2.79. The van der Waals surface area contributed by atoms with Crippen molar-refractivity contribution in [2.75, 3.05) is 5.32 Å². The fraction of sp³-hybridized carbons (Fsp3) is 0.125. The van der Waals surface area contributed by atoms with Gasteiger partial charge in [0, 0.05) is 5.56 Å². The first kappa shape index (κ1) is 19.7. The van der Waals surface area contributed by atoms with E-state index in [2.05, 4.69) is 5.32 Å². The van der Waals surface area contributed by atoms with Crippen molar-refractivity contribution in [3.8, 4) is 5.75 Å². The average Bonchev–Trinajstić information content (AvgIpc) is 2.47. The average molecular weight is 395 g/mol. The molecule has 7 nitrogen and oxygen atoms in total. The van der Waals surface area contributed by atoms with Gasteiger partial charge in [-0.1, -0.05) is 30.3 Å². The number of nitrogens with one attached hydrogen (secondary N) is 1. The van der Waals surface area contributed by atoms with E-state index in [1.807, 2.05) is 30.3 Å². The Morgan fingerprint density at radius 1 is 1.00 bits per heavy atom. The Balaban J connectivity index is 0.000000272. The number of carbonyl (C=O) groups is 2. The SMILES string of the molecule is CC(=O)Nc1ccc([As](=O)(O)O)c(O)c1.CC(=O)c1ccccc1. The molecule has 0 bridgehead atoms. The van der Waals surface area contributed by atoms with Crippen LogP contribution in [0.5, 0.6) is 5.75 Å². The molecule has 0 fully saturated rings. The summed E-state index contributed by atoms with van der Waals surface area (Å²) < 4.78 is 28.2. The van der Waals surface area contributed by atoms with Crippen LogP contribution in [0, 0.1) is 0 Å². The van der Waals surface area contributed by atoms with Gasteiger partial charge in [-0.3, -0.25) is 4.79 Å². The molecule has 8 heteroatoms. The largest absolute Gasteiger partial charge is 0.295 e. The third-order valence-corrected chi connectivity index (χ3v) is 4.90. The molecule has 128 valence electrons. The van der Waals surface area contributed by atoms with Gasteiger partial charge in [-0.15, -0.1) is 0 Å². The summed E-state index contributed by atoms with van der Waals surface area (Å²) in [6.07, 6.45) is 0. The first-order valence-electron chi connectivity index (χ1n) is 6.84. The van der Waals surface area contributed by atoms with Gasteiger partial charge >= 0.3 is 88.1 Å². The molecule has 0 unspecified atom stereocenters. The molecule has 0 spiro atoms. The van der Waals surface area contributed by atoms with Crippen molar-refractivity contribution < 1.29 is 26.6 Å². The number of hydrogen-bond acceptors (Lipinski definition) is 4. The van der Waals surface area contributed by atoms with Crippen LogP contribution in [0.1, 0.15) is 24.2 Å². The van der Waals surface area contributed by atoms with Crippen LogP contribution in [0.25, 0.3) is 0 Å². The van der Waals surface area contributed by atoms with Gasteiger partial charge in [-0.2, -0.15) is 0 Å². The molecule has 24 heavy (non-hydrogen) atoms. The Labute approximate surface area is 142 Å². The molecule has 0 aliphatic rings. The minimum Gasteiger partial charge on any atom is -0.295 e. The van der Waals surface area contributed by atoms with Crippen molar-refractivity contribution in [2.45, 2.75) is 13.8 Å². The summed E-state index contributed by atoms with van der Waals surface area (Å²) in [5.41, 5.74) is 1.06. The Bertz CT molecular complexity index is 769. The van der Waals surface area contributed by atoms with Crippen LogP contribution in [0.4, 0.5) is 5.69 Å². The number of aromatic hydroxyl groups is 1. The zero-order valence-electron chi connectivity index (χ0n) is 13.1. The van der Waals surface area contributed by atoms with Crippen LogP contribution in [0.3, 0.4) is 0 Å². The second-order valence-electron chi connectivity index (χ2n) is 4.85. The number of hydrogen-bond donors (Lipinski definition) is 4. The number of anilines is 1. The number of ketones is 1. The van der Waals surface area contributed by atoms with Crippen LogP contribution in [0.2, 0.25) is 0 Å². The number of phenols is 1. The van der Waals surface area contributed by atoms with Gasteiger partial charge < -0.3 is 0 Å². The van der Waals surface area contributed by atoms with Gasteiger partial charge in [0.1, 0.15) is 0 Å². The topological polar surface area (TPSA) is 124 Å². The van der Waals surface area contributed by atoms with E-state index in [4.69, 9.17) is 8.19 Å². The first-order valence-corrected chi connectivity index (χ1v) is 10.2. The molecular formula is C16H18AsNO6. The number of Topliss-reactive ketones (excluding diaryl/α,β-unsaturated/α-hetero) is 1. The molecule has 2 rings (SSSR count). The molecular weight excluding hydrogens is 377 g/mol. The maximum absolute atomic E-state index is 10.9. The Kier molecular flexibility index (Phi) is 6.97. The number of carbonyl (C=O) groups excluding carboxylic acids is 2. The quantitative estimate of drug-likeness (QED) is 0.450. The molecule has 1 amide bonds. The van der Waals surface area contributed by atoms with Crippen LogP contribution < -0.4 is 9.67 Å². The van der Waals surface area contributed by atoms with E-state index in [1.54, 1.807) is 6.92 Å². The molecule has 0 radical (unpaired) electrons. The zero-order chi connectivity index (χ0) is 18.3. The van der Waals surface area contributed by atoms with Crippen molar-refractivity contribution in [3.05, 3.63) is 54.1 Å². The molecule has 0 atom stereocenters. The van der Waals surface area contributed by atoms with Crippen molar-refractivity contribution in [1.82, 2.24) is 0 Å².